The van der Waals surface area contributed by atoms with Crippen molar-refractivity contribution in [2.24, 2.45) is 0 Å². The number of rotatable bonds is 3. The Morgan fingerprint density at radius 3 is 2.00 bits per heavy atom. The minimum atomic E-state index is 0.291. The van der Waals surface area contributed by atoms with Crippen molar-refractivity contribution in [2.75, 3.05) is 11.8 Å². The van der Waals surface area contributed by atoms with Gasteiger partial charge in [-0.2, -0.15) is 0 Å². The lowest BCUT2D eigenvalue weighted by Gasteiger charge is -2.08. The molecule has 0 aromatic heterocycles. The van der Waals surface area contributed by atoms with Crippen molar-refractivity contribution in [3.8, 4) is 0 Å². The van der Waals surface area contributed by atoms with Crippen LogP contribution in [0.5, 0.6) is 0 Å². The fourth-order valence-corrected chi connectivity index (χ4v) is 1.63. The minimum Gasteiger partial charge on any atom is -0.126 e. The monoisotopic (exact) mass is 188 g/mol. The molecule has 2 heteroatoms. The van der Waals surface area contributed by atoms with Crippen LogP contribution in [0.25, 0.3) is 0 Å². The number of halogens is 2. The highest BCUT2D eigenvalue weighted by molar-refractivity contribution is 6.21. The topological polar surface area (TPSA) is 0 Å². The van der Waals surface area contributed by atoms with Gasteiger partial charge in [0.15, 0.2) is 0 Å². The molecule has 0 heterocycles. The van der Waals surface area contributed by atoms with E-state index in [0.717, 1.165) is 0 Å². The molecule has 1 aromatic carbocycles. The van der Waals surface area contributed by atoms with Crippen molar-refractivity contribution in [1.82, 2.24) is 0 Å². The predicted molar refractivity (Wildman–Crippen MR) is 50.6 cm³/mol. The Kier molecular flexibility index (Phi) is 3.74. The van der Waals surface area contributed by atoms with Gasteiger partial charge in [-0.15, -0.1) is 23.2 Å². The first-order chi connectivity index (χ1) is 5.38. The first-order valence-corrected chi connectivity index (χ1v) is 4.62. The summed E-state index contributed by atoms with van der Waals surface area (Å²) < 4.78 is 0. The Labute approximate surface area is 77.1 Å². The summed E-state index contributed by atoms with van der Waals surface area (Å²) in [4.78, 5) is 0. The van der Waals surface area contributed by atoms with Crippen molar-refractivity contribution in [2.45, 2.75) is 5.92 Å². The molecule has 0 amide bonds. The molecule has 0 spiro atoms. The van der Waals surface area contributed by atoms with Crippen LogP contribution >= 0.6 is 23.2 Å². The number of hydrogen-bond acceptors (Lipinski definition) is 0. The van der Waals surface area contributed by atoms with Crippen LogP contribution in [0.15, 0.2) is 30.3 Å². The molecule has 0 aliphatic heterocycles. The van der Waals surface area contributed by atoms with Crippen LogP contribution < -0.4 is 0 Å². The zero-order valence-corrected chi connectivity index (χ0v) is 7.65. The van der Waals surface area contributed by atoms with Crippen molar-refractivity contribution in [3.05, 3.63) is 35.9 Å². The molecular formula is C9H10Cl2. The summed E-state index contributed by atoms with van der Waals surface area (Å²) >= 11 is 11.4. The van der Waals surface area contributed by atoms with Gasteiger partial charge in [0.2, 0.25) is 0 Å². The van der Waals surface area contributed by atoms with E-state index in [-0.39, 0.29) is 0 Å². The second-order valence-corrected chi connectivity index (χ2v) is 3.03. The smallest absolute Gasteiger partial charge is 0.0303 e. The van der Waals surface area contributed by atoms with Crippen molar-refractivity contribution in [1.29, 1.82) is 0 Å². The average Bonchev–Trinajstić information content (AvgIpc) is 2.09. The van der Waals surface area contributed by atoms with Gasteiger partial charge in [0.25, 0.3) is 0 Å². The van der Waals surface area contributed by atoms with Gasteiger partial charge < -0.3 is 0 Å². The summed E-state index contributed by atoms with van der Waals surface area (Å²) in [5.41, 5.74) is 1.22. The van der Waals surface area contributed by atoms with E-state index in [2.05, 4.69) is 12.1 Å². The van der Waals surface area contributed by atoms with Gasteiger partial charge in [-0.05, 0) is 5.56 Å². The van der Waals surface area contributed by atoms with Crippen LogP contribution in [0.1, 0.15) is 11.5 Å². The van der Waals surface area contributed by atoms with E-state index in [9.17, 15) is 0 Å². The molecular weight excluding hydrogens is 179 g/mol. The predicted octanol–water partition coefficient (Wildman–Crippen LogP) is 3.25. The van der Waals surface area contributed by atoms with Gasteiger partial charge in [0.05, 0.1) is 0 Å². The fourth-order valence-electron chi connectivity index (χ4n) is 0.945. The lowest BCUT2D eigenvalue weighted by Crippen LogP contribution is -2.00. The van der Waals surface area contributed by atoms with Crippen LogP contribution in [0.4, 0.5) is 0 Å². The van der Waals surface area contributed by atoms with Gasteiger partial charge in [-0.1, -0.05) is 30.3 Å². The van der Waals surface area contributed by atoms with E-state index >= 15 is 0 Å². The molecule has 0 N–H and O–H groups in total. The molecule has 0 saturated carbocycles. The lowest BCUT2D eigenvalue weighted by atomic mass is 10.0. The number of alkyl halides is 2. The molecule has 1 rings (SSSR count). The molecule has 1 aromatic rings. The molecule has 11 heavy (non-hydrogen) atoms. The van der Waals surface area contributed by atoms with E-state index < -0.39 is 0 Å². The maximum atomic E-state index is 5.72. The van der Waals surface area contributed by atoms with E-state index in [0.29, 0.717) is 17.7 Å². The van der Waals surface area contributed by atoms with Crippen LogP contribution in [0, 0.1) is 0 Å². The summed E-state index contributed by atoms with van der Waals surface area (Å²) in [6.45, 7) is 0. The molecule has 0 unspecified atom stereocenters. The first kappa shape index (κ1) is 8.89. The van der Waals surface area contributed by atoms with Gasteiger partial charge in [-0.3, -0.25) is 0 Å². The fraction of sp³-hybridized carbons (Fsp3) is 0.333. The van der Waals surface area contributed by atoms with Gasteiger partial charge in [0, 0.05) is 17.7 Å². The first-order valence-electron chi connectivity index (χ1n) is 3.55. The second-order valence-electron chi connectivity index (χ2n) is 2.42. The number of benzene rings is 1. The molecule has 0 fully saturated rings. The maximum absolute atomic E-state index is 5.72. The Morgan fingerprint density at radius 2 is 1.55 bits per heavy atom. The van der Waals surface area contributed by atoms with E-state index in [1.54, 1.807) is 0 Å². The third kappa shape index (κ3) is 2.39. The van der Waals surface area contributed by atoms with E-state index in [4.69, 9.17) is 23.2 Å². The largest absolute Gasteiger partial charge is 0.126 e. The molecule has 0 atom stereocenters. The van der Waals surface area contributed by atoms with Crippen LogP contribution in [-0.2, 0) is 0 Å². The van der Waals surface area contributed by atoms with Crippen LogP contribution in [-0.4, -0.2) is 11.8 Å². The Bertz CT molecular complexity index is 192. The highest BCUT2D eigenvalue weighted by Crippen LogP contribution is 2.17. The molecule has 0 radical (unpaired) electrons. The Balaban J connectivity index is 2.74. The quantitative estimate of drug-likeness (QED) is 0.640. The highest BCUT2D eigenvalue weighted by Gasteiger charge is 2.06. The lowest BCUT2D eigenvalue weighted by molar-refractivity contribution is 0.884. The van der Waals surface area contributed by atoms with Gasteiger partial charge >= 0.3 is 0 Å². The third-order valence-corrected chi connectivity index (χ3v) is 2.39. The van der Waals surface area contributed by atoms with Crippen molar-refractivity contribution in [3.63, 3.8) is 0 Å². The average molecular weight is 189 g/mol. The zero-order valence-electron chi connectivity index (χ0n) is 6.13. The Hall–Kier alpha value is -0.200. The third-order valence-electron chi connectivity index (χ3n) is 1.64. The minimum absolute atomic E-state index is 0.291. The standard InChI is InChI=1S/C9H10Cl2/c10-6-9(7-11)8-4-2-1-3-5-8/h1-5,9H,6-7H2. The summed E-state index contributed by atoms with van der Waals surface area (Å²) in [6.07, 6.45) is 0. The zero-order chi connectivity index (χ0) is 8.10. The molecule has 0 saturated heterocycles. The summed E-state index contributed by atoms with van der Waals surface area (Å²) in [6, 6.07) is 10.1. The molecule has 0 nitrogen and oxygen atoms in total. The van der Waals surface area contributed by atoms with E-state index in [1.165, 1.54) is 5.56 Å². The van der Waals surface area contributed by atoms with Crippen LogP contribution in [0.3, 0.4) is 0 Å². The van der Waals surface area contributed by atoms with Gasteiger partial charge in [-0.25, -0.2) is 0 Å². The van der Waals surface area contributed by atoms with E-state index in [1.807, 2.05) is 18.2 Å². The summed E-state index contributed by atoms with van der Waals surface area (Å²) in [5, 5.41) is 0. The highest BCUT2D eigenvalue weighted by atomic mass is 35.5. The molecule has 0 aliphatic rings. The summed E-state index contributed by atoms with van der Waals surface area (Å²) in [5.74, 6) is 1.47. The molecule has 0 bridgehead atoms. The van der Waals surface area contributed by atoms with Crippen molar-refractivity contribution >= 4 is 23.2 Å². The van der Waals surface area contributed by atoms with Gasteiger partial charge in [0.1, 0.15) is 0 Å². The summed E-state index contributed by atoms with van der Waals surface area (Å²) in [7, 11) is 0. The van der Waals surface area contributed by atoms with Crippen molar-refractivity contribution < 1.29 is 0 Å². The molecule has 60 valence electrons. The SMILES string of the molecule is ClCC(CCl)c1ccccc1. The second kappa shape index (κ2) is 4.63. The Morgan fingerprint density at radius 1 is 1.00 bits per heavy atom. The molecule has 0 aliphatic carbocycles. The van der Waals surface area contributed by atoms with Crippen LogP contribution in [0.2, 0.25) is 0 Å². The maximum Gasteiger partial charge on any atom is 0.0303 e. The number of hydrogen-bond donors (Lipinski definition) is 0. The normalized spacial score (nSPS) is 10.5.